The molecule has 1 aromatic rings. The van der Waals surface area contributed by atoms with E-state index in [1.807, 2.05) is 0 Å². The quantitative estimate of drug-likeness (QED) is 0.724. The number of carbonyl (C=O) groups is 1. The van der Waals surface area contributed by atoms with Crippen molar-refractivity contribution >= 4 is 17.4 Å². The van der Waals surface area contributed by atoms with Crippen LogP contribution in [0, 0.1) is 5.92 Å². The highest BCUT2D eigenvalue weighted by atomic mass is 35.5. The van der Waals surface area contributed by atoms with Crippen molar-refractivity contribution in [1.29, 1.82) is 0 Å². The van der Waals surface area contributed by atoms with E-state index in [0.29, 0.717) is 0 Å². The van der Waals surface area contributed by atoms with Gasteiger partial charge in [0.1, 0.15) is 0 Å². The van der Waals surface area contributed by atoms with E-state index in [2.05, 4.69) is 0 Å². The highest BCUT2D eigenvalue weighted by Crippen LogP contribution is 2.37. The number of Topliss-reactive ketones (excluding diaryl/α,β-unsaturated/α-hetero) is 1. The molecule has 0 radical (unpaired) electrons. The number of carbonyl (C=O) groups excluding carboxylic acids is 1. The van der Waals surface area contributed by atoms with Gasteiger partial charge in [-0.25, -0.2) is 0 Å². The van der Waals surface area contributed by atoms with Crippen LogP contribution in [0.4, 0.5) is 13.2 Å². The fourth-order valence-electron chi connectivity index (χ4n) is 1.48. The normalized spacial score (nSPS) is 16.2. The van der Waals surface area contributed by atoms with Crippen LogP contribution < -0.4 is 0 Å². The van der Waals surface area contributed by atoms with Crippen LogP contribution >= 0.6 is 11.6 Å². The highest BCUT2D eigenvalue weighted by Gasteiger charge is 2.35. The highest BCUT2D eigenvalue weighted by molar-refractivity contribution is 6.31. The summed E-state index contributed by atoms with van der Waals surface area (Å²) in [5.41, 5.74) is -0.637. The van der Waals surface area contributed by atoms with Crippen molar-refractivity contribution in [2.75, 3.05) is 0 Å². The van der Waals surface area contributed by atoms with Gasteiger partial charge in [0, 0.05) is 11.5 Å². The van der Waals surface area contributed by atoms with E-state index in [-0.39, 0.29) is 17.3 Å². The molecule has 0 spiro atoms. The van der Waals surface area contributed by atoms with E-state index in [1.54, 1.807) is 0 Å². The molecule has 2 rings (SSSR count). The second-order valence-electron chi connectivity index (χ2n) is 3.83. The van der Waals surface area contributed by atoms with Crippen molar-refractivity contribution in [3.05, 3.63) is 34.3 Å². The Kier molecular flexibility index (Phi) is 2.70. The van der Waals surface area contributed by atoms with E-state index in [4.69, 9.17) is 11.6 Å². The summed E-state index contributed by atoms with van der Waals surface area (Å²) in [6, 6.07) is 3.15. The number of alkyl halides is 3. The molecule has 0 unspecified atom stereocenters. The van der Waals surface area contributed by atoms with Crippen LogP contribution in [0.25, 0.3) is 0 Å². The summed E-state index contributed by atoms with van der Waals surface area (Å²) in [5, 5.41) is -0.418. The molecule has 86 valence electrons. The van der Waals surface area contributed by atoms with Gasteiger partial charge in [-0.05, 0) is 25.0 Å². The molecule has 5 heteroatoms. The summed E-state index contributed by atoms with van der Waals surface area (Å²) in [4.78, 5) is 11.6. The molecule has 1 fully saturated rings. The number of hydrogen-bond donors (Lipinski definition) is 0. The third kappa shape index (κ3) is 2.21. The first-order chi connectivity index (χ1) is 7.39. The molecule has 1 aromatic carbocycles. The molecule has 1 nitrogen and oxygen atoms in total. The fourth-order valence-corrected chi connectivity index (χ4v) is 1.77. The van der Waals surface area contributed by atoms with Crippen LogP contribution in [0.2, 0.25) is 5.02 Å². The number of ketones is 1. The first-order valence-corrected chi connectivity index (χ1v) is 5.18. The van der Waals surface area contributed by atoms with Gasteiger partial charge in [0.05, 0.1) is 10.6 Å². The van der Waals surface area contributed by atoms with Gasteiger partial charge in [-0.2, -0.15) is 13.2 Å². The molecule has 0 N–H and O–H groups in total. The smallest absolute Gasteiger partial charge is 0.294 e. The van der Waals surface area contributed by atoms with E-state index in [1.165, 1.54) is 6.07 Å². The lowest BCUT2D eigenvalue weighted by atomic mass is 10.0. The van der Waals surface area contributed by atoms with E-state index in [9.17, 15) is 18.0 Å². The van der Waals surface area contributed by atoms with Gasteiger partial charge in [-0.1, -0.05) is 17.7 Å². The number of hydrogen-bond acceptors (Lipinski definition) is 1. The van der Waals surface area contributed by atoms with Crippen LogP contribution in [0.3, 0.4) is 0 Å². The summed E-state index contributed by atoms with van der Waals surface area (Å²) < 4.78 is 37.1. The maximum absolute atomic E-state index is 12.4. The molecule has 0 aromatic heterocycles. The lowest BCUT2D eigenvalue weighted by Gasteiger charge is -2.09. The Morgan fingerprint density at radius 3 is 2.38 bits per heavy atom. The largest absolute Gasteiger partial charge is 0.417 e. The summed E-state index contributed by atoms with van der Waals surface area (Å²) in [6.07, 6.45) is -2.84. The molecule has 0 amide bonds. The van der Waals surface area contributed by atoms with Crippen molar-refractivity contribution in [2.24, 2.45) is 5.92 Å². The second kappa shape index (κ2) is 3.77. The molecule has 1 saturated carbocycles. The molecule has 0 aliphatic heterocycles. The number of benzene rings is 1. The lowest BCUT2D eigenvalue weighted by Crippen LogP contribution is -2.08. The SMILES string of the molecule is O=C(c1ccc(C(F)(F)F)c(Cl)c1)C1CC1. The van der Waals surface area contributed by atoms with Gasteiger partial charge in [-0.3, -0.25) is 4.79 Å². The number of halogens is 4. The summed E-state index contributed by atoms with van der Waals surface area (Å²) in [5.74, 6) is -0.136. The first-order valence-electron chi connectivity index (χ1n) is 4.80. The van der Waals surface area contributed by atoms with E-state index < -0.39 is 16.8 Å². The zero-order chi connectivity index (χ0) is 11.9. The van der Waals surface area contributed by atoms with Gasteiger partial charge in [0.2, 0.25) is 0 Å². The minimum Gasteiger partial charge on any atom is -0.294 e. The predicted molar refractivity (Wildman–Crippen MR) is 53.5 cm³/mol. The molecule has 0 heterocycles. The molecule has 0 atom stereocenters. The first kappa shape index (κ1) is 11.5. The van der Waals surface area contributed by atoms with Crippen LogP contribution in [-0.2, 0) is 6.18 Å². The van der Waals surface area contributed by atoms with E-state index >= 15 is 0 Å². The topological polar surface area (TPSA) is 17.1 Å². The molecule has 0 bridgehead atoms. The molecule has 0 saturated heterocycles. The van der Waals surface area contributed by atoms with Crippen molar-refractivity contribution in [1.82, 2.24) is 0 Å². The standard InChI is InChI=1S/C11H8ClF3O/c12-9-5-7(10(16)6-1-2-6)3-4-8(9)11(13,14)15/h3-6H,1-2H2. The van der Waals surface area contributed by atoms with Crippen molar-refractivity contribution in [3.63, 3.8) is 0 Å². The summed E-state index contributed by atoms with van der Waals surface area (Å²) in [6.45, 7) is 0. The van der Waals surface area contributed by atoms with E-state index in [0.717, 1.165) is 25.0 Å². The zero-order valence-corrected chi connectivity index (χ0v) is 8.90. The predicted octanol–water partition coefficient (Wildman–Crippen LogP) is 3.95. The van der Waals surface area contributed by atoms with Crippen molar-refractivity contribution in [3.8, 4) is 0 Å². The van der Waals surface area contributed by atoms with Gasteiger partial charge in [-0.15, -0.1) is 0 Å². The molecular weight excluding hydrogens is 241 g/mol. The van der Waals surface area contributed by atoms with Crippen LogP contribution in [0.15, 0.2) is 18.2 Å². The average molecular weight is 249 g/mol. The Morgan fingerprint density at radius 2 is 1.94 bits per heavy atom. The Morgan fingerprint density at radius 1 is 1.31 bits per heavy atom. The van der Waals surface area contributed by atoms with Gasteiger partial charge < -0.3 is 0 Å². The van der Waals surface area contributed by atoms with Gasteiger partial charge in [0.15, 0.2) is 5.78 Å². The molecular formula is C11H8ClF3O. The van der Waals surface area contributed by atoms with Gasteiger partial charge >= 0.3 is 6.18 Å². The second-order valence-corrected chi connectivity index (χ2v) is 4.24. The minimum absolute atomic E-state index is 0.0206. The van der Waals surface area contributed by atoms with Crippen LogP contribution in [0.1, 0.15) is 28.8 Å². The third-order valence-corrected chi connectivity index (χ3v) is 2.82. The maximum Gasteiger partial charge on any atom is 0.417 e. The Labute approximate surface area is 95.2 Å². The maximum atomic E-state index is 12.4. The molecule has 1 aliphatic carbocycles. The van der Waals surface area contributed by atoms with Crippen LogP contribution in [-0.4, -0.2) is 5.78 Å². The molecule has 1 aliphatic rings. The van der Waals surface area contributed by atoms with Crippen molar-refractivity contribution in [2.45, 2.75) is 19.0 Å². The average Bonchev–Trinajstić information content (AvgIpc) is 2.97. The Balaban J connectivity index is 2.32. The lowest BCUT2D eigenvalue weighted by molar-refractivity contribution is -0.137. The zero-order valence-electron chi connectivity index (χ0n) is 8.14. The van der Waals surface area contributed by atoms with Gasteiger partial charge in [0.25, 0.3) is 0 Å². The Hall–Kier alpha value is -1.03. The number of rotatable bonds is 2. The summed E-state index contributed by atoms with van der Waals surface area (Å²) >= 11 is 5.51. The monoisotopic (exact) mass is 248 g/mol. The fraction of sp³-hybridized carbons (Fsp3) is 0.364. The minimum atomic E-state index is -4.47. The van der Waals surface area contributed by atoms with Crippen LogP contribution in [0.5, 0.6) is 0 Å². The van der Waals surface area contributed by atoms with Crippen molar-refractivity contribution < 1.29 is 18.0 Å². The summed E-state index contributed by atoms with van der Waals surface area (Å²) in [7, 11) is 0. The Bertz CT molecular complexity index is 435. The third-order valence-electron chi connectivity index (χ3n) is 2.51. The molecule has 16 heavy (non-hydrogen) atoms.